The molecule has 1 saturated carbocycles. The summed E-state index contributed by atoms with van der Waals surface area (Å²) in [5.74, 6) is -0.317. The van der Waals surface area contributed by atoms with E-state index in [1.165, 1.54) is 0 Å². The maximum atomic E-state index is 10.5. The largest absolute Gasteiger partial charge is 0.368 e. The minimum atomic E-state index is -0.762. The molecular formula is C6H10N2O. The van der Waals surface area contributed by atoms with E-state index in [4.69, 9.17) is 11.5 Å². The van der Waals surface area contributed by atoms with Crippen LogP contribution in [-0.4, -0.2) is 11.4 Å². The monoisotopic (exact) mass is 126 g/mol. The molecule has 0 radical (unpaired) electrons. The summed E-state index contributed by atoms with van der Waals surface area (Å²) in [7, 11) is 0. The molecule has 1 amide bonds. The van der Waals surface area contributed by atoms with E-state index in [9.17, 15) is 4.79 Å². The van der Waals surface area contributed by atoms with E-state index in [0.717, 1.165) is 0 Å². The maximum absolute atomic E-state index is 10.5. The van der Waals surface area contributed by atoms with Crippen molar-refractivity contribution in [3.05, 3.63) is 12.7 Å². The Bertz CT molecular complexity index is 166. The van der Waals surface area contributed by atoms with Crippen LogP contribution in [0.4, 0.5) is 0 Å². The van der Waals surface area contributed by atoms with E-state index in [-0.39, 0.29) is 5.92 Å². The summed E-state index contributed by atoms with van der Waals surface area (Å²) in [4.78, 5) is 10.5. The van der Waals surface area contributed by atoms with Gasteiger partial charge in [-0.2, -0.15) is 0 Å². The molecule has 1 rings (SSSR count). The van der Waals surface area contributed by atoms with Crippen molar-refractivity contribution in [3.8, 4) is 0 Å². The second kappa shape index (κ2) is 1.57. The van der Waals surface area contributed by atoms with E-state index in [2.05, 4.69) is 6.58 Å². The zero-order chi connectivity index (χ0) is 7.07. The Balaban J connectivity index is 2.62. The van der Waals surface area contributed by atoms with Crippen molar-refractivity contribution in [3.63, 3.8) is 0 Å². The van der Waals surface area contributed by atoms with Gasteiger partial charge in [0.15, 0.2) is 0 Å². The molecule has 3 heteroatoms. The highest BCUT2D eigenvalue weighted by atomic mass is 16.1. The van der Waals surface area contributed by atoms with Crippen molar-refractivity contribution in [2.24, 2.45) is 17.4 Å². The predicted molar refractivity (Wildman–Crippen MR) is 34.4 cm³/mol. The van der Waals surface area contributed by atoms with E-state index in [0.29, 0.717) is 6.42 Å². The van der Waals surface area contributed by atoms with Crippen molar-refractivity contribution in [1.29, 1.82) is 0 Å². The van der Waals surface area contributed by atoms with Crippen LogP contribution in [0.15, 0.2) is 12.7 Å². The van der Waals surface area contributed by atoms with Crippen LogP contribution in [-0.2, 0) is 4.79 Å². The summed E-state index contributed by atoms with van der Waals surface area (Å²) in [5, 5.41) is 0. The summed E-state index contributed by atoms with van der Waals surface area (Å²) in [6.07, 6.45) is 2.33. The number of hydrogen-bond acceptors (Lipinski definition) is 2. The number of carbonyl (C=O) groups excluding carboxylic acids is 1. The van der Waals surface area contributed by atoms with Crippen LogP contribution in [0.25, 0.3) is 0 Å². The molecular weight excluding hydrogens is 116 g/mol. The van der Waals surface area contributed by atoms with Crippen LogP contribution in [0, 0.1) is 5.92 Å². The highest BCUT2D eigenvalue weighted by molar-refractivity contribution is 5.88. The van der Waals surface area contributed by atoms with Gasteiger partial charge in [-0.1, -0.05) is 6.08 Å². The van der Waals surface area contributed by atoms with Gasteiger partial charge in [0.25, 0.3) is 0 Å². The fourth-order valence-electron chi connectivity index (χ4n) is 0.882. The van der Waals surface area contributed by atoms with E-state index in [1.54, 1.807) is 6.08 Å². The molecule has 0 aromatic heterocycles. The summed E-state index contributed by atoms with van der Waals surface area (Å²) < 4.78 is 0. The molecule has 0 heterocycles. The first-order chi connectivity index (χ1) is 4.11. The molecule has 2 atom stereocenters. The standard InChI is InChI=1S/C6H10N2O/c1-2-4-3-6(4,8)5(7)9/h2,4H,1,3,8H2,(H2,7,9)/t4-,6?/m0/s1. The number of carbonyl (C=O) groups is 1. The Morgan fingerprint density at radius 1 is 1.89 bits per heavy atom. The van der Waals surface area contributed by atoms with Gasteiger partial charge in [0.1, 0.15) is 5.54 Å². The predicted octanol–water partition coefficient (Wildman–Crippen LogP) is -0.625. The lowest BCUT2D eigenvalue weighted by molar-refractivity contribution is -0.120. The Morgan fingerprint density at radius 3 is 2.56 bits per heavy atom. The summed E-state index contributed by atoms with van der Waals surface area (Å²) >= 11 is 0. The lowest BCUT2D eigenvalue weighted by Gasteiger charge is -2.01. The van der Waals surface area contributed by atoms with E-state index in [1.807, 2.05) is 0 Å². The van der Waals surface area contributed by atoms with Gasteiger partial charge in [-0.3, -0.25) is 4.79 Å². The molecule has 1 fully saturated rings. The SMILES string of the molecule is C=C[C@H]1CC1(N)C(N)=O. The summed E-state index contributed by atoms with van der Waals surface area (Å²) in [6.45, 7) is 3.51. The van der Waals surface area contributed by atoms with Crippen LogP contribution < -0.4 is 11.5 Å². The second-order valence-electron chi connectivity index (χ2n) is 2.45. The molecule has 0 bridgehead atoms. The highest BCUT2D eigenvalue weighted by Crippen LogP contribution is 2.41. The molecule has 3 nitrogen and oxygen atoms in total. The third-order valence-electron chi connectivity index (χ3n) is 1.80. The average molecular weight is 126 g/mol. The van der Waals surface area contributed by atoms with Crippen LogP contribution in [0.2, 0.25) is 0 Å². The fourth-order valence-corrected chi connectivity index (χ4v) is 0.882. The third kappa shape index (κ3) is 0.733. The van der Waals surface area contributed by atoms with Crippen LogP contribution in [0.1, 0.15) is 6.42 Å². The zero-order valence-electron chi connectivity index (χ0n) is 5.13. The van der Waals surface area contributed by atoms with Gasteiger partial charge < -0.3 is 11.5 Å². The Morgan fingerprint density at radius 2 is 2.44 bits per heavy atom. The minimum absolute atomic E-state index is 0.106. The number of primary amides is 1. The third-order valence-corrected chi connectivity index (χ3v) is 1.80. The zero-order valence-corrected chi connectivity index (χ0v) is 5.13. The summed E-state index contributed by atoms with van der Waals surface area (Å²) in [6, 6.07) is 0. The number of amides is 1. The molecule has 0 aromatic carbocycles. The van der Waals surface area contributed by atoms with Gasteiger partial charge in [0.05, 0.1) is 0 Å². The van der Waals surface area contributed by atoms with Gasteiger partial charge in [-0.05, 0) is 6.42 Å². The first-order valence-electron chi connectivity index (χ1n) is 2.82. The molecule has 50 valence electrons. The fraction of sp³-hybridized carbons (Fsp3) is 0.500. The summed E-state index contributed by atoms with van der Waals surface area (Å²) in [5.41, 5.74) is 9.72. The lowest BCUT2D eigenvalue weighted by atomic mass is 10.2. The average Bonchev–Trinajstić information content (AvgIpc) is 2.44. The van der Waals surface area contributed by atoms with Crippen molar-refractivity contribution in [1.82, 2.24) is 0 Å². The molecule has 1 aliphatic carbocycles. The molecule has 0 aliphatic heterocycles. The normalized spacial score (nSPS) is 39.9. The van der Waals surface area contributed by atoms with Crippen molar-refractivity contribution < 1.29 is 4.79 Å². The van der Waals surface area contributed by atoms with Gasteiger partial charge in [-0.15, -0.1) is 6.58 Å². The molecule has 1 aliphatic rings. The molecule has 0 saturated heterocycles. The van der Waals surface area contributed by atoms with Gasteiger partial charge >= 0.3 is 0 Å². The molecule has 0 spiro atoms. The molecule has 9 heavy (non-hydrogen) atoms. The van der Waals surface area contributed by atoms with Gasteiger partial charge in [0.2, 0.25) is 5.91 Å². The van der Waals surface area contributed by atoms with Crippen molar-refractivity contribution >= 4 is 5.91 Å². The molecule has 0 aromatic rings. The Labute approximate surface area is 53.7 Å². The first kappa shape index (κ1) is 6.29. The van der Waals surface area contributed by atoms with Crippen LogP contribution in [0.5, 0.6) is 0 Å². The van der Waals surface area contributed by atoms with Crippen molar-refractivity contribution in [2.75, 3.05) is 0 Å². The second-order valence-corrected chi connectivity index (χ2v) is 2.45. The maximum Gasteiger partial charge on any atom is 0.238 e. The Hall–Kier alpha value is -0.830. The molecule has 4 N–H and O–H groups in total. The lowest BCUT2D eigenvalue weighted by Crippen LogP contribution is -2.40. The topological polar surface area (TPSA) is 69.1 Å². The van der Waals surface area contributed by atoms with Gasteiger partial charge in [-0.25, -0.2) is 0 Å². The van der Waals surface area contributed by atoms with Gasteiger partial charge in [0, 0.05) is 5.92 Å². The minimum Gasteiger partial charge on any atom is -0.368 e. The quantitative estimate of drug-likeness (QED) is 0.484. The molecule has 1 unspecified atom stereocenters. The smallest absolute Gasteiger partial charge is 0.238 e. The number of rotatable bonds is 2. The Kier molecular flexibility index (Phi) is 1.10. The first-order valence-corrected chi connectivity index (χ1v) is 2.82. The highest BCUT2D eigenvalue weighted by Gasteiger charge is 2.54. The van der Waals surface area contributed by atoms with Crippen LogP contribution in [0.3, 0.4) is 0 Å². The van der Waals surface area contributed by atoms with Crippen molar-refractivity contribution in [2.45, 2.75) is 12.0 Å². The van der Waals surface area contributed by atoms with E-state index < -0.39 is 11.4 Å². The van der Waals surface area contributed by atoms with Crippen LogP contribution >= 0.6 is 0 Å². The number of nitrogens with two attached hydrogens (primary N) is 2. The van der Waals surface area contributed by atoms with E-state index >= 15 is 0 Å². The number of hydrogen-bond donors (Lipinski definition) is 2.